The molecule has 1 aromatic heterocycles. The molecule has 1 N–H and O–H groups in total. The Labute approximate surface area is 117 Å². The maximum absolute atomic E-state index is 11.9. The molecule has 1 heterocycles. The summed E-state index contributed by atoms with van der Waals surface area (Å²) in [5.74, 6) is 1.27. The van der Waals surface area contributed by atoms with Gasteiger partial charge in [0.05, 0.1) is 19.8 Å². The monoisotopic (exact) mass is 274 g/mol. The summed E-state index contributed by atoms with van der Waals surface area (Å²) in [6.45, 7) is 3.70. The quantitative estimate of drug-likeness (QED) is 0.919. The van der Waals surface area contributed by atoms with Gasteiger partial charge in [-0.05, 0) is 31.5 Å². The van der Waals surface area contributed by atoms with E-state index in [9.17, 15) is 9.90 Å². The Morgan fingerprint density at radius 1 is 1.35 bits per heavy atom. The summed E-state index contributed by atoms with van der Waals surface area (Å²) in [6, 6.07) is 8.63. The summed E-state index contributed by atoms with van der Waals surface area (Å²) >= 11 is 0. The first kappa shape index (κ1) is 14.3. The van der Waals surface area contributed by atoms with Crippen LogP contribution in [0.2, 0.25) is 0 Å². The second-order valence-electron chi connectivity index (χ2n) is 4.69. The molecule has 0 aliphatic carbocycles. The Morgan fingerprint density at radius 3 is 2.75 bits per heavy atom. The standard InChI is InChI=1S/C15H18N2O3/c1-10-7-15(19)17(11(2)16-10)9-14(18)12-5-4-6-13(8-12)20-3/h4-8,14,18H,9H2,1-3H3. The van der Waals surface area contributed by atoms with Crippen LogP contribution in [0.1, 0.15) is 23.2 Å². The van der Waals surface area contributed by atoms with E-state index in [1.165, 1.54) is 10.6 Å². The molecular formula is C15H18N2O3. The Hall–Kier alpha value is -2.14. The third-order valence-corrected chi connectivity index (χ3v) is 3.16. The molecule has 1 atom stereocenters. The van der Waals surface area contributed by atoms with E-state index in [4.69, 9.17) is 4.74 Å². The van der Waals surface area contributed by atoms with Crippen molar-refractivity contribution in [2.45, 2.75) is 26.5 Å². The number of methoxy groups -OCH3 is 1. The average Bonchev–Trinajstić information content (AvgIpc) is 2.42. The third-order valence-electron chi connectivity index (χ3n) is 3.16. The van der Waals surface area contributed by atoms with Crippen molar-refractivity contribution < 1.29 is 9.84 Å². The fraction of sp³-hybridized carbons (Fsp3) is 0.333. The van der Waals surface area contributed by atoms with Crippen LogP contribution >= 0.6 is 0 Å². The van der Waals surface area contributed by atoms with E-state index in [0.717, 1.165) is 0 Å². The Morgan fingerprint density at radius 2 is 2.10 bits per heavy atom. The van der Waals surface area contributed by atoms with Gasteiger partial charge in [0.25, 0.3) is 5.56 Å². The molecule has 1 unspecified atom stereocenters. The lowest BCUT2D eigenvalue weighted by atomic mass is 10.1. The molecule has 2 rings (SSSR count). The van der Waals surface area contributed by atoms with E-state index in [2.05, 4.69) is 4.98 Å². The highest BCUT2D eigenvalue weighted by molar-refractivity contribution is 5.29. The summed E-state index contributed by atoms with van der Waals surface area (Å²) in [5.41, 5.74) is 1.23. The van der Waals surface area contributed by atoms with Crippen molar-refractivity contribution in [3.8, 4) is 5.75 Å². The number of nitrogens with zero attached hydrogens (tertiary/aromatic N) is 2. The Bertz CT molecular complexity index is 664. The normalized spacial score (nSPS) is 12.2. The summed E-state index contributed by atoms with van der Waals surface area (Å²) in [5, 5.41) is 10.3. The largest absolute Gasteiger partial charge is 0.497 e. The van der Waals surface area contributed by atoms with Gasteiger partial charge in [0.15, 0.2) is 0 Å². The Kier molecular flexibility index (Phi) is 4.20. The van der Waals surface area contributed by atoms with Crippen molar-refractivity contribution in [2.75, 3.05) is 7.11 Å². The van der Waals surface area contributed by atoms with Crippen LogP contribution < -0.4 is 10.3 Å². The van der Waals surface area contributed by atoms with Crippen LogP contribution in [0.3, 0.4) is 0 Å². The van der Waals surface area contributed by atoms with E-state index < -0.39 is 6.10 Å². The average molecular weight is 274 g/mol. The van der Waals surface area contributed by atoms with E-state index in [1.54, 1.807) is 45.2 Å². The number of hydrogen-bond acceptors (Lipinski definition) is 4. The van der Waals surface area contributed by atoms with Gasteiger partial charge in [-0.1, -0.05) is 12.1 Å². The lowest BCUT2D eigenvalue weighted by Gasteiger charge is -2.15. The lowest BCUT2D eigenvalue weighted by molar-refractivity contribution is 0.153. The van der Waals surface area contributed by atoms with E-state index in [1.807, 2.05) is 0 Å². The molecular weight excluding hydrogens is 256 g/mol. The van der Waals surface area contributed by atoms with Crippen LogP contribution in [-0.4, -0.2) is 21.8 Å². The predicted molar refractivity (Wildman–Crippen MR) is 75.9 cm³/mol. The van der Waals surface area contributed by atoms with E-state index >= 15 is 0 Å². The fourth-order valence-corrected chi connectivity index (χ4v) is 2.11. The third kappa shape index (κ3) is 3.05. The first-order chi connectivity index (χ1) is 9.51. The van der Waals surface area contributed by atoms with Crippen molar-refractivity contribution in [2.24, 2.45) is 0 Å². The van der Waals surface area contributed by atoms with Crippen molar-refractivity contribution in [1.82, 2.24) is 9.55 Å². The summed E-state index contributed by atoms with van der Waals surface area (Å²) in [6.07, 6.45) is -0.786. The van der Waals surface area contributed by atoms with Crippen LogP contribution in [0.25, 0.3) is 0 Å². The zero-order valence-corrected chi connectivity index (χ0v) is 11.8. The smallest absolute Gasteiger partial charge is 0.253 e. The van der Waals surface area contributed by atoms with Crippen molar-refractivity contribution in [3.05, 3.63) is 57.8 Å². The van der Waals surface area contributed by atoms with Crippen LogP contribution in [0.15, 0.2) is 35.1 Å². The molecule has 0 saturated heterocycles. The molecule has 0 radical (unpaired) electrons. The Balaban J connectivity index is 2.27. The highest BCUT2D eigenvalue weighted by Crippen LogP contribution is 2.20. The number of aliphatic hydroxyl groups excluding tert-OH is 1. The molecule has 0 aliphatic rings. The first-order valence-electron chi connectivity index (χ1n) is 6.38. The van der Waals surface area contributed by atoms with Gasteiger partial charge in [0.1, 0.15) is 11.6 Å². The predicted octanol–water partition coefficient (Wildman–Crippen LogP) is 1.60. The van der Waals surface area contributed by atoms with Gasteiger partial charge in [-0.15, -0.1) is 0 Å². The highest BCUT2D eigenvalue weighted by atomic mass is 16.5. The SMILES string of the molecule is COc1cccc(C(O)Cn2c(C)nc(C)cc2=O)c1. The summed E-state index contributed by atoms with van der Waals surface area (Å²) in [7, 11) is 1.57. The lowest BCUT2D eigenvalue weighted by Crippen LogP contribution is -2.26. The highest BCUT2D eigenvalue weighted by Gasteiger charge is 2.12. The number of ether oxygens (including phenoxy) is 1. The number of aryl methyl sites for hydroxylation is 2. The minimum Gasteiger partial charge on any atom is -0.497 e. The van der Waals surface area contributed by atoms with Gasteiger partial charge in [0, 0.05) is 11.8 Å². The molecule has 0 saturated carbocycles. The molecule has 20 heavy (non-hydrogen) atoms. The minimum absolute atomic E-state index is 0.156. The first-order valence-corrected chi connectivity index (χ1v) is 6.38. The van der Waals surface area contributed by atoms with Crippen LogP contribution in [0, 0.1) is 13.8 Å². The van der Waals surface area contributed by atoms with Gasteiger partial charge in [-0.25, -0.2) is 4.98 Å². The minimum atomic E-state index is -0.786. The zero-order valence-electron chi connectivity index (χ0n) is 11.8. The van der Waals surface area contributed by atoms with Gasteiger partial charge in [-0.3, -0.25) is 9.36 Å². The molecule has 0 amide bonds. The molecule has 0 fully saturated rings. The van der Waals surface area contributed by atoms with Crippen molar-refractivity contribution >= 4 is 0 Å². The zero-order chi connectivity index (χ0) is 14.7. The van der Waals surface area contributed by atoms with Crippen molar-refractivity contribution in [1.29, 1.82) is 0 Å². The van der Waals surface area contributed by atoms with Crippen LogP contribution in [0.4, 0.5) is 0 Å². The number of benzene rings is 1. The molecule has 0 aliphatic heterocycles. The number of hydrogen-bond donors (Lipinski definition) is 1. The second-order valence-corrected chi connectivity index (χ2v) is 4.69. The van der Waals surface area contributed by atoms with Crippen molar-refractivity contribution in [3.63, 3.8) is 0 Å². The molecule has 2 aromatic rings. The summed E-state index contributed by atoms with van der Waals surface area (Å²) < 4.78 is 6.60. The second kappa shape index (κ2) is 5.88. The molecule has 1 aromatic carbocycles. The van der Waals surface area contributed by atoms with Gasteiger partial charge in [-0.2, -0.15) is 0 Å². The fourth-order valence-electron chi connectivity index (χ4n) is 2.11. The number of rotatable bonds is 4. The maximum atomic E-state index is 11.9. The molecule has 0 spiro atoms. The van der Waals surface area contributed by atoms with Gasteiger partial charge in [0.2, 0.25) is 0 Å². The van der Waals surface area contributed by atoms with E-state index in [0.29, 0.717) is 22.8 Å². The number of aliphatic hydroxyl groups is 1. The van der Waals surface area contributed by atoms with Gasteiger partial charge >= 0.3 is 0 Å². The molecule has 5 heteroatoms. The van der Waals surface area contributed by atoms with Crippen LogP contribution in [-0.2, 0) is 6.54 Å². The van der Waals surface area contributed by atoms with Gasteiger partial charge < -0.3 is 9.84 Å². The molecule has 5 nitrogen and oxygen atoms in total. The molecule has 0 bridgehead atoms. The maximum Gasteiger partial charge on any atom is 0.253 e. The number of aromatic nitrogens is 2. The molecule has 106 valence electrons. The van der Waals surface area contributed by atoms with E-state index in [-0.39, 0.29) is 12.1 Å². The summed E-state index contributed by atoms with van der Waals surface area (Å²) in [4.78, 5) is 16.2. The topological polar surface area (TPSA) is 64.3 Å². The van der Waals surface area contributed by atoms with Crippen LogP contribution in [0.5, 0.6) is 5.75 Å².